The van der Waals surface area contributed by atoms with E-state index in [-0.39, 0.29) is 35.5 Å². The number of ketones is 3. The van der Waals surface area contributed by atoms with Gasteiger partial charge < -0.3 is 20.4 Å². The largest absolute Gasteiger partial charge is 0.511 e. The monoisotopic (exact) mass is 530 g/mol. The van der Waals surface area contributed by atoms with Crippen LogP contribution in [0.5, 0.6) is 5.75 Å². The molecule has 0 spiro atoms. The van der Waals surface area contributed by atoms with Gasteiger partial charge in [0.15, 0.2) is 17.2 Å². The summed E-state index contributed by atoms with van der Waals surface area (Å²) in [5, 5.41) is 44.9. The quantitative estimate of drug-likeness (QED) is 0.396. The molecular formula is C32H34O7. The van der Waals surface area contributed by atoms with Gasteiger partial charge in [-0.15, -0.1) is 0 Å². The van der Waals surface area contributed by atoms with Crippen molar-refractivity contribution in [3.05, 3.63) is 69.2 Å². The lowest BCUT2D eigenvalue weighted by Gasteiger charge is -2.46. The van der Waals surface area contributed by atoms with Gasteiger partial charge in [0, 0.05) is 23.5 Å². The zero-order chi connectivity index (χ0) is 27.6. The molecule has 7 nitrogen and oxygen atoms in total. The number of phenolic OH excluding ortho intramolecular Hbond substituents is 1. The maximum absolute atomic E-state index is 14.1. The van der Waals surface area contributed by atoms with Crippen LogP contribution >= 0.6 is 0 Å². The molecule has 1 aromatic carbocycles. The van der Waals surface area contributed by atoms with Crippen LogP contribution in [0.25, 0.3) is 5.57 Å². The normalized spacial score (nSPS) is 28.8. The molecule has 0 amide bonds. The maximum Gasteiger partial charge on any atom is 0.209 e. The van der Waals surface area contributed by atoms with Crippen LogP contribution in [0.1, 0.15) is 85.3 Å². The first-order valence-electron chi connectivity index (χ1n) is 14.1. The number of carbonyl (C=O) groups is 3. The molecule has 1 saturated carbocycles. The molecular weight excluding hydrogens is 496 g/mol. The molecule has 204 valence electrons. The number of rotatable bonds is 4. The van der Waals surface area contributed by atoms with E-state index in [1.54, 1.807) is 0 Å². The third-order valence-electron chi connectivity index (χ3n) is 9.58. The van der Waals surface area contributed by atoms with Gasteiger partial charge >= 0.3 is 0 Å². The Hall–Kier alpha value is -3.45. The van der Waals surface area contributed by atoms with Gasteiger partial charge in [-0.2, -0.15) is 0 Å². The van der Waals surface area contributed by atoms with Crippen molar-refractivity contribution in [2.24, 2.45) is 17.8 Å². The number of Topliss-reactive ketones (excluding diaryl/α,β-unsaturated/α-hetero) is 3. The molecule has 5 aliphatic rings. The van der Waals surface area contributed by atoms with E-state index in [2.05, 4.69) is 0 Å². The Kier molecular flexibility index (Phi) is 6.18. The van der Waals surface area contributed by atoms with E-state index in [4.69, 9.17) is 0 Å². The molecule has 1 aromatic rings. The lowest BCUT2D eigenvalue weighted by atomic mass is 9.59. The van der Waals surface area contributed by atoms with Crippen molar-refractivity contribution in [3.63, 3.8) is 0 Å². The number of aliphatic hydroxyl groups excluding tert-OH is 2. The third kappa shape index (κ3) is 3.85. The van der Waals surface area contributed by atoms with Crippen molar-refractivity contribution in [1.82, 2.24) is 0 Å². The number of fused-ring (bicyclic) bond motifs is 3. The minimum atomic E-state index is -2.47. The number of hydrogen-bond donors (Lipinski definition) is 4. The summed E-state index contributed by atoms with van der Waals surface area (Å²) in [6, 6.07) is 2.02. The van der Waals surface area contributed by atoms with Crippen LogP contribution in [0.4, 0.5) is 0 Å². The molecule has 0 aliphatic heterocycles. The molecule has 5 aliphatic carbocycles. The highest BCUT2D eigenvalue weighted by Gasteiger charge is 2.59. The minimum absolute atomic E-state index is 0.0779. The molecule has 39 heavy (non-hydrogen) atoms. The van der Waals surface area contributed by atoms with E-state index in [9.17, 15) is 34.8 Å². The second-order valence-corrected chi connectivity index (χ2v) is 11.9. The highest BCUT2D eigenvalue weighted by Crippen LogP contribution is 2.53. The molecule has 0 heterocycles. The first-order chi connectivity index (χ1) is 18.6. The fraction of sp³-hybridized carbons (Fsp3) is 0.469. The summed E-state index contributed by atoms with van der Waals surface area (Å²) < 4.78 is 0. The minimum Gasteiger partial charge on any atom is -0.511 e. The topological polar surface area (TPSA) is 132 Å². The molecule has 4 N–H and O–H groups in total. The number of carbonyl (C=O) groups excluding carboxylic acids is 3. The summed E-state index contributed by atoms with van der Waals surface area (Å²) in [7, 11) is 0. The number of allylic oxidation sites excluding steroid dienone is 6. The Balaban J connectivity index is 1.50. The highest BCUT2D eigenvalue weighted by atomic mass is 16.3. The van der Waals surface area contributed by atoms with Crippen molar-refractivity contribution in [2.75, 3.05) is 0 Å². The fourth-order valence-corrected chi connectivity index (χ4v) is 7.64. The predicted molar refractivity (Wildman–Crippen MR) is 144 cm³/mol. The van der Waals surface area contributed by atoms with Crippen LogP contribution in [0.3, 0.4) is 0 Å². The number of benzene rings is 1. The highest BCUT2D eigenvalue weighted by molar-refractivity contribution is 6.25. The average molecular weight is 531 g/mol. The van der Waals surface area contributed by atoms with Crippen molar-refractivity contribution in [3.8, 4) is 5.75 Å². The summed E-state index contributed by atoms with van der Waals surface area (Å²) >= 11 is 0. The Morgan fingerprint density at radius 3 is 2.49 bits per heavy atom. The van der Waals surface area contributed by atoms with Gasteiger partial charge in [0.2, 0.25) is 5.78 Å². The third-order valence-corrected chi connectivity index (χ3v) is 9.58. The molecule has 6 rings (SSSR count). The number of aliphatic hydroxyl groups is 3. The van der Waals surface area contributed by atoms with E-state index in [1.165, 1.54) is 19.3 Å². The Morgan fingerprint density at radius 2 is 1.82 bits per heavy atom. The Morgan fingerprint density at radius 1 is 1.08 bits per heavy atom. The van der Waals surface area contributed by atoms with Gasteiger partial charge in [-0.05, 0) is 67.2 Å². The van der Waals surface area contributed by atoms with Crippen LogP contribution in [0.15, 0.2) is 47.0 Å². The van der Waals surface area contributed by atoms with Gasteiger partial charge in [-0.25, -0.2) is 0 Å². The van der Waals surface area contributed by atoms with E-state index in [0.29, 0.717) is 17.9 Å². The number of hydrogen-bond acceptors (Lipinski definition) is 7. The van der Waals surface area contributed by atoms with E-state index < -0.39 is 46.1 Å². The molecule has 0 radical (unpaired) electrons. The molecule has 0 unspecified atom stereocenters. The van der Waals surface area contributed by atoms with Crippen LogP contribution in [-0.2, 0) is 22.4 Å². The van der Waals surface area contributed by atoms with Gasteiger partial charge in [0.05, 0.1) is 5.56 Å². The lowest BCUT2D eigenvalue weighted by Crippen LogP contribution is -2.56. The van der Waals surface area contributed by atoms with Crippen molar-refractivity contribution >= 4 is 22.9 Å². The Labute approximate surface area is 227 Å². The lowest BCUT2D eigenvalue weighted by molar-refractivity contribution is -0.144. The van der Waals surface area contributed by atoms with E-state index in [1.807, 2.05) is 24.3 Å². The maximum atomic E-state index is 14.1. The van der Waals surface area contributed by atoms with Crippen LogP contribution < -0.4 is 0 Å². The van der Waals surface area contributed by atoms with Crippen molar-refractivity contribution < 1.29 is 34.8 Å². The number of aromatic hydroxyl groups is 1. The van der Waals surface area contributed by atoms with Crippen LogP contribution in [0, 0.1) is 17.8 Å². The second-order valence-electron chi connectivity index (χ2n) is 11.9. The zero-order valence-corrected chi connectivity index (χ0v) is 22.1. The summed E-state index contributed by atoms with van der Waals surface area (Å²) in [5.74, 6) is -4.55. The summed E-state index contributed by atoms with van der Waals surface area (Å²) in [4.78, 5) is 39.5. The summed E-state index contributed by atoms with van der Waals surface area (Å²) in [6.45, 7) is 1.12. The second kappa shape index (κ2) is 9.33. The molecule has 1 fully saturated rings. The van der Waals surface area contributed by atoms with Gasteiger partial charge in [0.1, 0.15) is 22.8 Å². The molecule has 0 saturated heterocycles. The first-order valence-corrected chi connectivity index (χ1v) is 14.1. The molecule has 3 atom stereocenters. The predicted octanol–water partition coefficient (Wildman–Crippen LogP) is 5.15. The van der Waals surface area contributed by atoms with Crippen LogP contribution in [-0.4, -0.2) is 43.4 Å². The van der Waals surface area contributed by atoms with Gasteiger partial charge in [-0.3, -0.25) is 14.4 Å². The molecule has 7 heteroatoms. The van der Waals surface area contributed by atoms with Gasteiger partial charge in [-0.1, -0.05) is 50.3 Å². The van der Waals surface area contributed by atoms with Crippen LogP contribution in [0.2, 0.25) is 0 Å². The number of phenols is 1. The fourth-order valence-electron chi connectivity index (χ4n) is 7.64. The molecule has 0 aromatic heterocycles. The van der Waals surface area contributed by atoms with Gasteiger partial charge in [0.25, 0.3) is 0 Å². The van der Waals surface area contributed by atoms with Crippen molar-refractivity contribution in [2.45, 2.75) is 76.7 Å². The standard InChI is InChI=1S/C32H34O7/c1-16(33)25-24(34)15-21-12-20-14-22-19(11-17-7-3-2-4-8-17)13-23(18-9-5-6-10-18)28(35)27(22)29(36)26(20)31(38)32(21,39)30(25)37/h5,9-10,13,17,20-21,34-35,38-39H,2-4,6-8,11-12,14-15H2,1H3/t20-,21+,32+/m0/s1. The SMILES string of the molecule is CC(=O)C1=C(O)C[C@H]2C[C@H]3Cc4c(CC5CCCCC5)cc(C5=CCC=C5)c(O)c4C(=O)C3=C(O)[C@]2(O)C1=O. The summed E-state index contributed by atoms with van der Waals surface area (Å²) in [6.07, 6.45) is 13.7. The Bertz CT molecular complexity index is 1430. The summed E-state index contributed by atoms with van der Waals surface area (Å²) in [5.41, 5.74) is 0.258. The first kappa shape index (κ1) is 25.8. The van der Waals surface area contributed by atoms with E-state index in [0.717, 1.165) is 49.3 Å². The van der Waals surface area contributed by atoms with Crippen molar-refractivity contribution in [1.29, 1.82) is 0 Å². The average Bonchev–Trinajstić information content (AvgIpc) is 3.43. The molecule has 0 bridgehead atoms. The smallest absolute Gasteiger partial charge is 0.209 e. The zero-order valence-electron chi connectivity index (χ0n) is 22.1. The van der Waals surface area contributed by atoms with E-state index >= 15 is 0 Å².